The molecule has 0 aromatic heterocycles. The topological polar surface area (TPSA) is 72.2 Å². The third-order valence-corrected chi connectivity index (χ3v) is 3.68. The zero-order chi connectivity index (χ0) is 14.7. The van der Waals surface area contributed by atoms with Crippen LogP contribution < -0.4 is 5.32 Å². The van der Waals surface area contributed by atoms with Crippen LogP contribution in [0.4, 0.5) is 11.4 Å². The molecule has 0 aliphatic heterocycles. The molecule has 7 heteroatoms. The molecule has 0 fully saturated rings. The molecule has 0 aliphatic carbocycles. The summed E-state index contributed by atoms with van der Waals surface area (Å²) < 4.78 is 1.36. The third-order valence-electron chi connectivity index (χ3n) is 2.50. The van der Waals surface area contributed by atoms with E-state index >= 15 is 0 Å². The van der Waals surface area contributed by atoms with Crippen molar-refractivity contribution in [3.8, 4) is 0 Å². The van der Waals surface area contributed by atoms with Crippen LogP contribution in [0.25, 0.3) is 0 Å². The third kappa shape index (κ3) is 3.43. The van der Waals surface area contributed by atoms with Gasteiger partial charge in [-0.1, -0.05) is 22.0 Å². The lowest BCUT2D eigenvalue weighted by Crippen LogP contribution is -2.12. The average molecular weight is 400 g/mol. The monoisotopic (exact) mass is 398 g/mol. The zero-order valence-electron chi connectivity index (χ0n) is 9.97. The predicted molar refractivity (Wildman–Crippen MR) is 82.9 cm³/mol. The standard InChI is InChI=1S/C13H8Br2N2O3/c14-9-3-1-2-8(6-9)13(18)16-12-7-10(17(19)20)4-5-11(12)15/h1-7H,(H,16,18). The molecule has 0 saturated carbocycles. The van der Waals surface area contributed by atoms with E-state index in [1.807, 2.05) is 0 Å². The van der Waals surface area contributed by atoms with Crippen molar-refractivity contribution < 1.29 is 9.72 Å². The number of nitro benzene ring substituents is 1. The number of amides is 1. The SMILES string of the molecule is O=C(Nc1cc([N+](=O)[O-])ccc1Br)c1cccc(Br)c1. The molecule has 2 aromatic carbocycles. The molecule has 0 spiro atoms. The number of benzene rings is 2. The van der Waals surface area contributed by atoms with Gasteiger partial charge in [0.1, 0.15) is 0 Å². The first-order valence-electron chi connectivity index (χ1n) is 5.48. The van der Waals surface area contributed by atoms with Crippen molar-refractivity contribution in [3.05, 3.63) is 67.1 Å². The van der Waals surface area contributed by atoms with Crippen molar-refractivity contribution in [3.63, 3.8) is 0 Å². The fourth-order valence-corrected chi connectivity index (χ4v) is 2.29. The molecule has 1 N–H and O–H groups in total. The van der Waals surface area contributed by atoms with Crippen molar-refractivity contribution in [2.24, 2.45) is 0 Å². The second-order valence-corrected chi connectivity index (χ2v) is 5.66. The lowest BCUT2D eigenvalue weighted by Gasteiger charge is -2.07. The van der Waals surface area contributed by atoms with Gasteiger partial charge in [-0.25, -0.2) is 0 Å². The van der Waals surface area contributed by atoms with E-state index in [1.165, 1.54) is 18.2 Å². The van der Waals surface area contributed by atoms with Gasteiger partial charge in [-0.2, -0.15) is 0 Å². The summed E-state index contributed by atoms with van der Waals surface area (Å²) >= 11 is 6.53. The number of nitrogens with one attached hydrogen (secondary N) is 1. The van der Waals surface area contributed by atoms with Crippen LogP contribution in [0, 0.1) is 10.1 Å². The summed E-state index contributed by atoms with van der Waals surface area (Å²) in [7, 11) is 0. The molecule has 20 heavy (non-hydrogen) atoms. The van der Waals surface area contributed by atoms with Crippen LogP contribution in [0.3, 0.4) is 0 Å². The fourth-order valence-electron chi connectivity index (χ4n) is 1.55. The first-order chi connectivity index (χ1) is 9.47. The highest BCUT2D eigenvalue weighted by molar-refractivity contribution is 9.10. The second kappa shape index (κ2) is 6.15. The molecule has 2 aromatic rings. The Morgan fingerprint density at radius 3 is 2.55 bits per heavy atom. The number of hydrogen-bond acceptors (Lipinski definition) is 3. The van der Waals surface area contributed by atoms with Crippen LogP contribution in [0.2, 0.25) is 0 Å². The van der Waals surface area contributed by atoms with Crippen LogP contribution in [0.5, 0.6) is 0 Å². The summed E-state index contributed by atoms with van der Waals surface area (Å²) in [5.41, 5.74) is 0.722. The highest BCUT2D eigenvalue weighted by Crippen LogP contribution is 2.27. The van der Waals surface area contributed by atoms with Gasteiger partial charge in [0.25, 0.3) is 11.6 Å². The van der Waals surface area contributed by atoms with Gasteiger partial charge in [-0.15, -0.1) is 0 Å². The predicted octanol–water partition coefficient (Wildman–Crippen LogP) is 4.37. The maximum atomic E-state index is 12.1. The Kier molecular flexibility index (Phi) is 4.51. The van der Waals surface area contributed by atoms with Gasteiger partial charge in [0.05, 0.1) is 10.6 Å². The minimum atomic E-state index is -0.513. The largest absolute Gasteiger partial charge is 0.321 e. The van der Waals surface area contributed by atoms with Crippen molar-refractivity contribution >= 4 is 49.1 Å². The van der Waals surface area contributed by atoms with E-state index in [1.54, 1.807) is 24.3 Å². The minimum Gasteiger partial charge on any atom is -0.321 e. The van der Waals surface area contributed by atoms with Gasteiger partial charge in [0, 0.05) is 26.6 Å². The maximum absolute atomic E-state index is 12.1. The molecule has 102 valence electrons. The lowest BCUT2D eigenvalue weighted by molar-refractivity contribution is -0.384. The molecule has 0 atom stereocenters. The Morgan fingerprint density at radius 1 is 1.15 bits per heavy atom. The number of carbonyl (C=O) groups is 1. The van der Waals surface area contributed by atoms with E-state index in [-0.39, 0.29) is 11.6 Å². The number of nitro groups is 1. The van der Waals surface area contributed by atoms with E-state index in [0.717, 1.165) is 4.47 Å². The van der Waals surface area contributed by atoms with Crippen molar-refractivity contribution in [2.45, 2.75) is 0 Å². The summed E-state index contributed by atoms with van der Waals surface area (Å²) in [6.07, 6.45) is 0. The van der Waals surface area contributed by atoms with Gasteiger partial charge < -0.3 is 5.32 Å². The summed E-state index contributed by atoms with van der Waals surface area (Å²) in [4.78, 5) is 22.3. The molecule has 0 aliphatic rings. The number of carbonyl (C=O) groups excluding carboxylic acids is 1. The Labute approximate surface area is 131 Å². The summed E-state index contributed by atoms with van der Waals surface area (Å²) in [6, 6.07) is 11.1. The van der Waals surface area contributed by atoms with Crippen LogP contribution in [-0.2, 0) is 0 Å². The molecule has 0 unspecified atom stereocenters. The Balaban J connectivity index is 2.27. The van der Waals surface area contributed by atoms with Crippen molar-refractivity contribution in [1.29, 1.82) is 0 Å². The normalized spacial score (nSPS) is 10.1. The smallest absolute Gasteiger partial charge is 0.271 e. The number of hydrogen-bond donors (Lipinski definition) is 1. The molecule has 0 saturated heterocycles. The van der Waals surface area contributed by atoms with E-state index in [9.17, 15) is 14.9 Å². The number of nitrogens with zero attached hydrogens (tertiary/aromatic N) is 1. The molecular weight excluding hydrogens is 392 g/mol. The lowest BCUT2D eigenvalue weighted by atomic mass is 10.2. The fraction of sp³-hybridized carbons (Fsp3) is 0. The zero-order valence-corrected chi connectivity index (χ0v) is 13.1. The van der Waals surface area contributed by atoms with Crippen LogP contribution in [0.15, 0.2) is 51.4 Å². The van der Waals surface area contributed by atoms with E-state index in [0.29, 0.717) is 15.7 Å². The summed E-state index contributed by atoms with van der Waals surface area (Å²) in [6.45, 7) is 0. The van der Waals surface area contributed by atoms with Crippen molar-refractivity contribution in [1.82, 2.24) is 0 Å². The summed E-state index contributed by atoms with van der Waals surface area (Å²) in [5, 5.41) is 13.4. The maximum Gasteiger partial charge on any atom is 0.271 e. The number of non-ortho nitro benzene ring substituents is 1. The van der Waals surface area contributed by atoms with E-state index < -0.39 is 4.92 Å². The van der Waals surface area contributed by atoms with Gasteiger partial charge in [-0.3, -0.25) is 14.9 Å². The number of rotatable bonds is 3. The highest BCUT2D eigenvalue weighted by Gasteiger charge is 2.13. The Hall–Kier alpha value is -1.73. The second-order valence-electron chi connectivity index (χ2n) is 3.89. The minimum absolute atomic E-state index is 0.0854. The van der Waals surface area contributed by atoms with Gasteiger partial charge in [0.2, 0.25) is 0 Å². The Bertz CT molecular complexity index is 689. The Morgan fingerprint density at radius 2 is 1.90 bits per heavy atom. The number of halogens is 2. The average Bonchev–Trinajstić information content (AvgIpc) is 2.41. The van der Waals surface area contributed by atoms with E-state index in [2.05, 4.69) is 37.2 Å². The molecule has 0 bridgehead atoms. The summed E-state index contributed by atoms with van der Waals surface area (Å²) in [5.74, 6) is -0.340. The number of anilines is 1. The van der Waals surface area contributed by atoms with Gasteiger partial charge in [-0.05, 0) is 40.2 Å². The molecule has 0 heterocycles. The van der Waals surface area contributed by atoms with Crippen LogP contribution >= 0.6 is 31.9 Å². The van der Waals surface area contributed by atoms with Crippen LogP contribution in [-0.4, -0.2) is 10.8 Å². The first kappa shape index (κ1) is 14.7. The molecule has 1 amide bonds. The van der Waals surface area contributed by atoms with Crippen molar-refractivity contribution in [2.75, 3.05) is 5.32 Å². The van der Waals surface area contributed by atoms with Crippen LogP contribution in [0.1, 0.15) is 10.4 Å². The van der Waals surface area contributed by atoms with E-state index in [4.69, 9.17) is 0 Å². The van der Waals surface area contributed by atoms with Gasteiger partial charge in [0.15, 0.2) is 0 Å². The molecule has 5 nitrogen and oxygen atoms in total. The first-order valence-corrected chi connectivity index (χ1v) is 7.07. The quantitative estimate of drug-likeness (QED) is 0.615. The highest BCUT2D eigenvalue weighted by atomic mass is 79.9. The molecule has 0 radical (unpaired) electrons. The molecular formula is C13H8Br2N2O3. The van der Waals surface area contributed by atoms with Gasteiger partial charge >= 0.3 is 0 Å². The molecule has 2 rings (SSSR count).